The number of aromatic nitrogens is 1. The van der Waals surface area contributed by atoms with Gasteiger partial charge in [-0.2, -0.15) is 0 Å². The predicted octanol–water partition coefficient (Wildman–Crippen LogP) is 3.72. The molecular formula is C18H20N2O4S. The van der Waals surface area contributed by atoms with Gasteiger partial charge in [-0.15, -0.1) is 11.3 Å². The quantitative estimate of drug-likeness (QED) is 0.773. The number of aryl methyl sites for hydroxylation is 2. The summed E-state index contributed by atoms with van der Waals surface area (Å²) in [6.07, 6.45) is 2.61. The number of fused-ring (bicyclic) bond motifs is 1. The number of carboxylic acid groups (broad SMARTS) is 1. The first kappa shape index (κ1) is 17.4. The van der Waals surface area contributed by atoms with Gasteiger partial charge in [-0.3, -0.25) is 9.59 Å². The number of hydrogen-bond acceptors (Lipinski definition) is 4. The SMILES string of the molecule is CCc1c(C)sc(NC(=O)c2[nH]c3c(c2C)C(=O)CCC3)c1C(=O)O. The lowest BCUT2D eigenvalue weighted by molar-refractivity contribution is 0.0697. The number of amides is 1. The molecule has 0 atom stereocenters. The average Bonchev–Trinajstić information content (AvgIpc) is 3.05. The van der Waals surface area contributed by atoms with E-state index < -0.39 is 11.9 Å². The van der Waals surface area contributed by atoms with Crippen LogP contribution in [0.4, 0.5) is 5.00 Å². The number of carboxylic acids is 1. The molecule has 7 heteroatoms. The number of anilines is 1. The highest BCUT2D eigenvalue weighted by Gasteiger charge is 2.28. The van der Waals surface area contributed by atoms with Crippen molar-refractivity contribution in [1.29, 1.82) is 0 Å². The van der Waals surface area contributed by atoms with Crippen molar-refractivity contribution in [3.63, 3.8) is 0 Å². The molecule has 132 valence electrons. The lowest BCUT2D eigenvalue weighted by Crippen LogP contribution is -2.15. The summed E-state index contributed by atoms with van der Waals surface area (Å²) >= 11 is 1.26. The van der Waals surface area contributed by atoms with E-state index in [1.165, 1.54) is 11.3 Å². The van der Waals surface area contributed by atoms with Crippen LogP contribution in [0.1, 0.15) is 72.7 Å². The molecule has 0 unspecified atom stereocenters. The Morgan fingerprint density at radius 2 is 2.00 bits per heavy atom. The van der Waals surface area contributed by atoms with Crippen LogP contribution in [0.15, 0.2) is 0 Å². The third-order valence-electron chi connectivity index (χ3n) is 4.67. The molecule has 2 aromatic rings. The Morgan fingerprint density at radius 3 is 2.60 bits per heavy atom. The second-order valence-electron chi connectivity index (χ2n) is 6.21. The molecule has 6 nitrogen and oxygen atoms in total. The van der Waals surface area contributed by atoms with Gasteiger partial charge in [0.2, 0.25) is 0 Å². The molecule has 0 saturated heterocycles. The Bertz CT molecular complexity index is 892. The summed E-state index contributed by atoms with van der Waals surface area (Å²) < 4.78 is 0. The fourth-order valence-corrected chi connectivity index (χ4v) is 4.62. The smallest absolute Gasteiger partial charge is 0.339 e. The zero-order chi connectivity index (χ0) is 18.3. The first-order chi connectivity index (χ1) is 11.8. The Kier molecular flexibility index (Phi) is 4.51. The van der Waals surface area contributed by atoms with E-state index in [0.717, 1.165) is 29.0 Å². The van der Waals surface area contributed by atoms with E-state index in [9.17, 15) is 19.5 Å². The Balaban J connectivity index is 1.97. The van der Waals surface area contributed by atoms with Gasteiger partial charge in [-0.05, 0) is 44.2 Å². The first-order valence-corrected chi connectivity index (χ1v) is 9.08. The fraction of sp³-hybridized carbons (Fsp3) is 0.389. The third-order valence-corrected chi connectivity index (χ3v) is 5.73. The van der Waals surface area contributed by atoms with Gasteiger partial charge >= 0.3 is 5.97 Å². The number of nitrogens with one attached hydrogen (secondary N) is 2. The van der Waals surface area contributed by atoms with E-state index in [1.54, 1.807) is 6.92 Å². The largest absolute Gasteiger partial charge is 0.478 e. The molecule has 0 bridgehead atoms. The van der Waals surface area contributed by atoms with Gasteiger partial charge in [0.15, 0.2) is 5.78 Å². The summed E-state index contributed by atoms with van der Waals surface area (Å²) in [6.45, 7) is 5.49. The van der Waals surface area contributed by atoms with E-state index in [1.807, 2.05) is 13.8 Å². The minimum atomic E-state index is -1.05. The number of carbonyl (C=O) groups excluding carboxylic acids is 2. The van der Waals surface area contributed by atoms with Gasteiger partial charge in [0.05, 0.1) is 5.56 Å². The number of H-pyrrole nitrogens is 1. The minimum absolute atomic E-state index is 0.0560. The molecular weight excluding hydrogens is 340 g/mol. The van der Waals surface area contributed by atoms with Crippen LogP contribution in [-0.2, 0) is 12.8 Å². The first-order valence-electron chi connectivity index (χ1n) is 8.26. The van der Waals surface area contributed by atoms with Crippen LogP contribution in [-0.4, -0.2) is 27.8 Å². The molecule has 0 aromatic carbocycles. The summed E-state index contributed by atoms with van der Waals surface area (Å²) in [6, 6.07) is 0. The Labute approximate surface area is 149 Å². The summed E-state index contributed by atoms with van der Waals surface area (Å²) in [4.78, 5) is 40.4. The number of thiophene rings is 1. The molecule has 0 saturated carbocycles. The number of ketones is 1. The monoisotopic (exact) mass is 360 g/mol. The van der Waals surface area contributed by atoms with E-state index in [-0.39, 0.29) is 11.3 Å². The van der Waals surface area contributed by atoms with Crippen LogP contribution in [0.2, 0.25) is 0 Å². The average molecular weight is 360 g/mol. The zero-order valence-electron chi connectivity index (χ0n) is 14.4. The molecule has 0 radical (unpaired) electrons. The second kappa shape index (κ2) is 6.48. The van der Waals surface area contributed by atoms with Crippen molar-refractivity contribution in [2.24, 2.45) is 0 Å². The van der Waals surface area contributed by atoms with Crippen molar-refractivity contribution < 1.29 is 19.5 Å². The van der Waals surface area contributed by atoms with E-state index in [4.69, 9.17) is 0 Å². The lowest BCUT2D eigenvalue weighted by atomic mass is 9.94. The number of aromatic amines is 1. The van der Waals surface area contributed by atoms with Crippen molar-refractivity contribution in [3.05, 3.63) is 38.5 Å². The zero-order valence-corrected chi connectivity index (χ0v) is 15.2. The molecule has 3 rings (SSSR count). The molecule has 1 aliphatic rings. The Morgan fingerprint density at radius 1 is 1.28 bits per heavy atom. The topological polar surface area (TPSA) is 99.3 Å². The molecule has 25 heavy (non-hydrogen) atoms. The maximum atomic E-state index is 12.7. The summed E-state index contributed by atoms with van der Waals surface area (Å²) in [5, 5.41) is 12.6. The van der Waals surface area contributed by atoms with Crippen molar-refractivity contribution in [2.45, 2.75) is 46.5 Å². The second-order valence-corrected chi connectivity index (χ2v) is 7.43. The van der Waals surface area contributed by atoms with E-state index >= 15 is 0 Å². The van der Waals surface area contributed by atoms with Gasteiger partial charge in [0, 0.05) is 22.6 Å². The molecule has 2 aromatic heterocycles. The third kappa shape index (κ3) is 2.89. The van der Waals surface area contributed by atoms with Crippen molar-refractivity contribution in [3.8, 4) is 0 Å². The highest BCUT2D eigenvalue weighted by molar-refractivity contribution is 7.16. The number of rotatable bonds is 4. The van der Waals surface area contributed by atoms with Crippen LogP contribution in [0.5, 0.6) is 0 Å². The number of aromatic carboxylic acids is 1. The lowest BCUT2D eigenvalue weighted by Gasteiger charge is -2.09. The number of Topliss-reactive ketones (excluding diaryl/α,β-unsaturated/α-hetero) is 1. The molecule has 3 N–H and O–H groups in total. The standard InChI is InChI=1S/C18H20N2O4S/c1-4-10-9(3)25-17(14(10)18(23)24)20-16(22)15-8(2)13-11(19-15)6-5-7-12(13)21/h19H,4-7H2,1-3H3,(H,20,22)(H,23,24). The molecule has 0 aliphatic heterocycles. The van der Waals surface area contributed by atoms with Gasteiger partial charge in [0.25, 0.3) is 5.91 Å². The van der Waals surface area contributed by atoms with Gasteiger partial charge < -0.3 is 15.4 Å². The summed E-state index contributed by atoms with van der Waals surface area (Å²) in [5.41, 5.74) is 3.29. The summed E-state index contributed by atoms with van der Waals surface area (Å²) in [5.74, 6) is -1.40. The molecule has 0 fully saturated rings. The van der Waals surface area contributed by atoms with E-state index in [2.05, 4.69) is 10.3 Å². The van der Waals surface area contributed by atoms with Crippen molar-refractivity contribution >= 4 is 34.0 Å². The molecule has 0 spiro atoms. The van der Waals surface area contributed by atoms with Crippen LogP contribution in [0.25, 0.3) is 0 Å². The molecule has 2 heterocycles. The highest BCUT2D eigenvalue weighted by atomic mass is 32.1. The van der Waals surface area contributed by atoms with Crippen LogP contribution < -0.4 is 5.32 Å². The van der Waals surface area contributed by atoms with Gasteiger partial charge in [0.1, 0.15) is 10.7 Å². The maximum absolute atomic E-state index is 12.7. The minimum Gasteiger partial charge on any atom is -0.478 e. The van der Waals surface area contributed by atoms with Crippen LogP contribution in [0, 0.1) is 13.8 Å². The fourth-order valence-electron chi connectivity index (χ4n) is 3.49. The van der Waals surface area contributed by atoms with Crippen LogP contribution in [0.3, 0.4) is 0 Å². The summed E-state index contributed by atoms with van der Waals surface area (Å²) in [7, 11) is 0. The molecule has 1 amide bonds. The van der Waals surface area contributed by atoms with Crippen molar-refractivity contribution in [1.82, 2.24) is 4.98 Å². The predicted molar refractivity (Wildman–Crippen MR) is 96.1 cm³/mol. The molecule has 1 aliphatic carbocycles. The van der Waals surface area contributed by atoms with Gasteiger partial charge in [-0.25, -0.2) is 4.79 Å². The van der Waals surface area contributed by atoms with Crippen LogP contribution >= 0.6 is 11.3 Å². The maximum Gasteiger partial charge on any atom is 0.339 e. The number of hydrogen-bond donors (Lipinski definition) is 3. The normalized spacial score (nSPS) is 13.6. The van der Waals surface area contributed by atoms with Crippen molar-refractivity contribution in [2.75, 3.05) is 5.32 Å². The van der Waals surface area contributed by atoms with E-state index in [0.29, 0.717) is 34.7 Å². The number of carbonyl (C=O) groups is 3. The highest BCUT2D eigenvalue weighted by Crippen LogP contribution is 2.34. The van der Waals surface area contributed by atoms with Gasteiger partial charge in [-0.1, -0.05) is 6.92 Å². The Hall–Kier alpha value is -2.41.